The van der Waals surface area contributed by atoms with Crippen LogP contribution in [0.25, 0.3) is 21.3 Å². The smallest absolute Gasteiger partial charge is 0.417 e. The summed E-state index contributed by atoms with van der Waals surface area (Å²) in [5, 5.41) is 13.0. The highest BCUT2D eigenvalue weighted by Gasteiger charge is 2.31. The number of rotatable bonds is 3. The number of carboxylic acids is 1. The third kappa shape index (κ3) is 6.88. The number of fused-ring (bicyclic) bond motifs is 1. The maximum Gasteiger partial charge on any atom is 0.417 e. The van der Waals surface area contributed by atoms with Crippen LogP contribution >= 0.6 is 11.3 Å². The lowest BCUT2D eigenvalue weighted by Crippen LogP contribution is -2.08. The summed E-state index contributed by atoms with van der Waals surface area (Å²) in [5.41, 5.74) is 2.25. The average molecular weight is 465 g/mol. The molecule has 0 aliphatic carbocycles. The van der Waals surface area contributed by atoms with Crippen LogP contribution in [0.3, 0.4) is 0 Å². The fraction of sp³-hybridized carbons (Fsp3) is 0.273. The van der Waals surface area contributed by atoms with E-state index in [-0.39, 0.29) is 6.54 Å². The molecule has 4 aromatic rings. The molecule has 3 heterocycles. The van der Waals surface area contributed by atoms with Crippen LogP contribution in [0.1, 0.15) is 30.0 Å². The van der Waals surface area contributed by atoms with Gasteiger partial charge in [0.25, 0.3) is 0 Å². The van der Waals surface area contributed by atoms with Crippen LogP contribution in [0.15, 0.2) is 49.1 Å². The fourth-order valence-electron chi connectivity index (χ4n) is 2.66. The van der Waals surface area contributed by atoms with Crippen molar-refractivity contribution in [2.75, 3.05) is 0 Å². The zero-order valence-corrected chi connectivity index (χ0v) is 18.8. The van der Waals surface area contributed by atoms with Gasteiger partial charge in [0.2, 0.25) is 0 Å². The minimum absolute atomic E-state index is 0.0617. The third-order valence-electron chi connectivity index (χ3n) is 3.95. The summed E-state index contributed by atoms with van der Waals surface area (Å²) in [6.45, 7) is 7.70. The Morgan fingerprint density at radius 3 is 2.41 bits per heavy atom. The third-order valence-corrected chi connectivity index (χ3v) is 4.89. The second kappa shape index (κ2) is 10.9. The van der Waals surface area contributed by atoms with Crippen LogP contribution in [-0.2, 0) is 17.5 Å². The number of carbonyl (C=O) groups is 1. The number of aromatic nitrogens is 4. The molecule has 0 bridgehead atoms. The topological polar surface area (TPSA) is 80.9 Å². The van der Waals surface area contributed by atoms with Gasteiger partial charge in [0, 0.05) is 24.2 Å². The zero-order chi connectivity index (χ0) is 23.9. The van der Waals surface area contributed by atoms with Gasteiger partial charge in [0.1, 0.15) is 6.54 Å². The molecule has 0 fully saturated rings. The normalized spacial score (nSPS) is 10.7. The Bertz CT molecular complexity index is 1190. The van der Waals surface area contributed by atoms with Gasteiger partial charge in [-0.05, 0) is 43.2 Å². The van der Waals surface area contributed by atoms with E-state index >= 15 is 0 Å². The van der Waals surface area contributed by atoms with Gasteiger partial charge in [0.05, 0.1) is 27.0 Å². The van der Waals surface area contributed by atoms with Crippen LogP contribution in [0.4, 0.5) is 13.2 Å². The monoisotopic (exact) mass is 464 g/mol. The van der Waals surface area contributed by atoms with Gasteiger partial charge in [-0.1, -0.05) is 19.9 Å². The standard InChI is InChI=1S/C14H9F3N2S.C6H8N2O2.C2H6/c1-8-19-12-3-2-9(5-13(12)20-8)10-4-11(7-18-6-10)14(15,16)17;1-5-2-7-8(3-5)4-6(9)10;1-2/h2-7H,1H3;2-3H,4H2,1H3,(H,9,10);1-2H3. The van der Waals surface area contributed by atoms with Crippen molar-refractivity contribution in [1.82, 2.24) is 19.7 Å². The van der Waals surface area contributed by atoms with Crippen molar-refractivity contribution < 1.29 is 23.1 Å². The molecule has 0 saturated carbocycles. The number of pyridine rings is 1. The lowest BCUT2D eigenvalue weighted by Gasteiger charge is -2.08. The van der Waals surface area contributed by atoms with E-state index in [1.165, 1.54) is 22.2 Å². The number of hydrogen-bond acceptors (Lipinski definition) is 5. The van der Waals surface area contributed by atoms with Crippen molar-refractivity contribution in [2.24, 2.45) is 0 Å². The van der Waals surface area contributed by atoms with Gasteiger partial charge < -0.3 is 5.11 Å². The van der Waals surface area contributed by atoms with E-state index in [4.69, 9.17) is 5.11 Å². The van der Waals surface area contributed by atoms with E-state index in [1.54, 1.807) is 18.5 Å². The van der Waals surface area contributed by atoms with Crippen molar-refractivity contribution in [2.45, 2.75) is 40.4 Å². The Morgan fingerprint density at radius 2 is 1.81 bits per heavy atom. The lowest BCUT2D eigenvalue weighted by molar-refractivity contribution is -0.138. The maximum atomic E-state index is 12.7. The summed E-state index contributed by atoms with van der Waals surface area (Å²) >= 11 is 1.52. The summed E-state index contributed by atoms with van der Waals surface area (Å²) in [4.78, 5) is 18.1. The summed E-state index contributed by atoms with van der Waals surface area (Å²) in [6.07, 6.45) is 1.20. The van der Waals surface area contributed by atoms with Gasteiger partial charge in [0.15, 0.2) is 0 Å². The van der Waals surface area contributed by atoms with E-state index in [0.29, 0.717) is 11.1 Å². The number of alkyl halides is 3. The van der Waals surface area contributed by atoms with Crippen LogP contribution in [-0.4, -0.2) is 30.8 Å². The highest BCUT2D eigenvalue weighted by molar-refractivity contribution is 7.18. The molecular weight excluding hydrogens is 441 g/mol. The van der Waals surface area contributed by atoms with Gasteiger partial charge in [-0.3, -0.25) is 14.5 Å². The maximum absolute atomic E-state index is 12.7. The van der Waals surface area contributed by atoms with Crippen LogP contribution in [0.2, 0.25) is 0 Å². The molecule has 6 nitrogen and oxygen atoms in total. The number of hydrogen-bond donors (Lipinski definition) is 1. The number of carboxylic acid groups (broad SMARTS) is 1. The second-order valence-corrected chi connectivity index (χ2v) is 7.72. The molecule has 0 amide bonds. The molecule has 3 aromatic heterocycles. The molecular formula is C22H23F3N4O2S. The first-order valence-electron chi connectivity index (χ1n) is 9.72. The predicted molar refractivity (Wildman–Crippen MR) is 119 cm³/mol. The quantitative estimate of drug-likeness (QED) is 0.403. The molecule has 1 N–H and O–H groups in total. The van der Waals surface area contributed by atoms with E-state index in [2.05, 4.69) is 15.1 Å². The van der Waals surface area contributed by atoms with E-state index in [0.717, 1.165) is 33.1 Å². The SMILES string of the molecule is CC.Cc1cnn(CC(=O)O)c1.Cc1nc2ccc(-c3cncc(C(F)(F)F)c3)cc2s1. The average Bonchev–Trinajstić information content (AvgIpc) is 3.32. The zero-order valence-electron chi connectivity index (χ0n) is 18.0. The number of aliphatic carboxylic acids is 1. The molecule has 1 aromatic carbocycles. The van der Waals surface area contributed by atoms with Crippen molar-refractivity contribution in [3.8, 4) is 11.1 Å². The first-order chi connectivity index (χ1) is 15.1. The molecule has 32 heavy (non-hydrogen) atoms. The molecule has 0 spiro atoms. The summed E-state index contributed by atoms with van der Waals surface area (Å²) < 4.78 is 40.4. The van der Waals surface area contributed by atoms with Crippen LogP contribution in [0.5, 0.6) is 0 Å². The number of benzene rings is 1. The predicted octanol–water partition coefficient (Wildman–Crippen LogP) is 5.99. The minimum Gasteiger partial charge on any atom is -0.480 e. The molecule has 0 unspecified atom stereocenters. The number of thiazole rings is 1. The van der Waals surface area contributed by atoms with E-state index < -0.39 is 17.7 Å². The van der Waals surface area contributed by atoms with E-state index in [1.807, 2.05) is 39.8 Å². The summed E-state index contributed by atoms with van der Waals surface area (Å²) in [6, 6.07) is 6.53. The molecule has 0 aliphatic rings. The van der Waals surface area contributed by atoms with Gasteiger partial charge in [-0.2, -0.15) is 18.3 Å². The van der Waals surface area contributed by atoms with Crippen molar-refractivity contribution >= 4 is 27.5 Å². The van der Waals surface area contributed by atoms with Crippen molar-refractivity contribution in [1.29, 1.82) is 0 Å². The molecule has 4 rings (SSSR count). The van der Waals surface area contributed by atoms with Gasteiger partial charge >= 0.3 is 12.1 Å². The highest BCUT2D eigenvalue weighted by Crippen LogP contribution is 2.33. The number of halogens is 3. The van der Waals surface area contributed by atoms with Gasteiger partial charge in [-0.25, -0.2) is 4.98 Å². The lowest BCUT2D eigenvalue weighted by atomic mass is 10.1. The molecule has 0 radical (unpaired) electrons. The minimum atomic E-state index is -4.38. The second-order valence-electron chi connectivity index (χ2n) is 6.48. The number of aryl methyl sites for hydroxylation is 2. The first kappa shape index (κ1) is 25.0. The molecule has 0 saturated heterocycles. The highest BCUT2D eigenvalue weighted by atomic mass is 32.1. The molecule has 0 atom stereocenters. The molecule has 10 heteroatoms. The first-order valence-corrected chi connectivity index (χ1v) is 10.5. The number of nitrogens with zero attached hydrogens (tertiary/aromatic N) is 4. The summed E-state index contributed by atoms with van der Waals surface area (Å²) in [7, 11) is 0. The van der Waals surface area contributed by atoms with Crippen molar-refractivity contribution in [3.05, 3.63) is 65.2 Å². The Morgan fingerprint density at radius 1 is 1.09 bits per heavy atom. The van der Waals surface area contributed by atoms with Crippen LogP contribution in [0, 0.1) is 13.8 Å². The Hall–Kier alpha value is -3.27. The van der Waals surface area contributed by atoms with E-state index in [9.17, 15) is 18.0 Å². The van der Waals surface area contributed by atoms with Crippen LogP contribution < -0.4 is 0 Å². The molecule has 0 aliphatic heterocycles. The van der Waals surface area contributed by atoms with Gasteiger partial charge in [-0.15, -0.1) is 11.3 Å². The Kier molecular flexibility index (Phi) is 8.48. The van der Waals surface area contributed by atoms with Crippen molar-refractivity contribution in [3.63, 3.8) is 0 Å². The Labute approximate surface area is 187 Å². The Balaban J connectivity index is 0.000000255. The summed E-state index contributed by atoms with van der Waals surface area (Å²) in [5.74, 6) is -0.872. The fourth-order valence-corrected chi connectivity index (χ4v) is 3.53. The molecule has 170 valence electrons. The largest absolute Gasteiger partial charge is 0.480 e.